The van der Waals surface area contributed by atoms with E-state index in [1.54, 1.807) is 30.3 Å². The lowest BCUT2D eigenvalue weighted by Crippen LogP contribution is -2.31. The van der Waals surface area contributed by atoms with Gasteiger partial charge in [0.05, 0.1) is 11.3 Å². The molecule has 0 N–H and O–H groups in total. The standard InChI is InChI=1S/C20H11Cl2NO2/c21-14-10-8-13(9-11-14)17-18(22)20(25)23(19(17)24)16-7-3-5-12-4-1-2-6-15(12)16/h1-11H. The Labute approximate surface area is 154 Å². The first-order valence-corrected chi connectivity index (χ1v) is 8.36. The third kappa shape index (κ3) is 2.53. The van der Waals surface area contributed by atoms with Crippen molar-refractivity contribution in [2.24, 2.45) is 0 Å². The average molecular weight is 368 g/mol. The Morgan fingerprint density at radius 1 is 0.720 bits per heavy atom. The number of fused-ring (bicyclic) bond motifs is 1. The summed E-state index contributed by atoms with van der Waals surface area (Å²) in [7, 11) is 0. The molecule has 2 amide bonds. The number of hydrogen-bond donors (Lipinski definition) is 0. The molecule has 25 heavy (non-hydrogen) atoms. The maximum absolute atomic E-state index is 13.0. The second-order valence-electron chi connectivity index (χ2n) is 5.64. The highest BCUT2D eigenvalue weighted by Crippen LogP contribution is 2.37. The van der Waals surface area contributed by atoms with Gasteiger partial charge in [-0.05, 0) is 29.1 Å². The van der Waals surface area contributed by atoms with E-state index in [-0.39, 0.29) is 10.6 Å². The Bertz CT molecular complexity index is 1050. The monoisotopic (exact) mass is 367 g/mol. The molecule has 0 radical (unpaired) electrons. The quantitative estimate of drug-likeness (QED) is 0.596. The average Bonchev–Trinajstić information content (AvgIpc) is 2.85. The fourth-order valence-corrected chi connectivity index (χ4v) is 3.39. The predicted octanol–water partition coefficient (Wildman–Crippen LogP) is 5.02. The first-order valence-electron chi connectivity index (χ1n) is 7.60. The third-order valence-electron chi connectivity index (χ3n) is 4.17. The SMILES string of the molecule is O=C1C(Cl)=C(c2ccc(Cl)cc2)C(=O)N1c1cccc2ccccc12. The van der Waals surface area contributed by atoms with Crippen LogP contribution in [0, 0.1) is 0 Å². The van der Waals surface area contributed by atoms with Crippen LogP contribution >= 0.6 is 23.2 Å². The van der Waals surface area contributed by atoms with Crippen LogP contribution in [0.5, 0.6) is 0 Å². The second kappa shape index (κ2) is 6.03. The summed E-state index contributed by atoms with van der Waals surface area (Å²) >= 11 is 12.1. The van der Waals surface area contributed by atoms with Gasteiger partial charge in [0.1, 0.15) is 5.03 Å². The number of nitrogens with zero attached hydrogens (tertiary/aromatic N) is 1. The second-order valence-corrected chi connectivity index (χ2v) is 6.45. The van der Waals surface area contributed by atoms with Crippen LogP contribution in [0.25, 0.3) is 16.3 Å². The molecule has 0 unspecified atom stereocenters. The molecule has 0 fully saturated rings. The first kappa shape index (κ1) is 15.9. The summed E-state index contributed by atoms with van der Waals surface area (Å²) in [6.45, 7) is 0. The summed E-state index contributed by atoms with van der Waals surface area (Å²) in [4.78, 5) is 26.8. The van der Waals surface area contributed by atoms with E-state index in [2.05, 4.69) is 0 Å². The zero-order chi connectivity index (χ0) is 17.6. The summed E-state index contributed by atoms with van der Waals surface area (Å²) in [6.07, 6.45) is 0. The molecule has 0 spiro atoms. The van der Waals surface area contributed by atoms with Gasteiger partial charge in [-0.2, -0.15) is 0 Å². The molecule has 1 heterocycles. The van der Waals surface area contributed by atoms with Gasteiger partial charge < -0.3 is 0 Å². The van der Waals surface area contributed by atoms with E-state index in [1.807, 2.05) is 36.4 Å². The van der Waals surface area contributed by atoms with Crippen molar-refractivity contribution < 1.29 is 9.59 Å². The van der Waals surface area contributed by atoms with Crippen molar-refractivity contribution in [1.29, 1.82) is 0 Å². The molecule has 3 nitrogen and oxygen atoms in total. The van der Waals surface area contributed by atoms with Crippen LogP contribution < -0.4 is 4.90 Å². The fraction of sp³-hybridized carbons (Fsp3) is 0. The highest BCUT2D eigenvalue weighted by Gasteiger charge is 2.39. The highest BCUT2D eigenvalue weighted by atomic mass is 35.5. The van der Waals surface area contributed by atoms with Gasteiger partial charge in [0.25, 0.3) is 11.8 Å². The number of carbonyl (C=O) groups is 2. The minimum absolute atomic E-state index is 0.0831. The largest absolute Gasteiger partial charge is 0.277 e. The molecule has 0 atom stereocenters. The Balaban J connectivity index is 1.85. The minimum atomic E-state index is -0.520. The number of hydrogen-bond acceptors (Lipinski definition) is 2. The smallest absolute Gasteiger partial charge is 0.268 e. The van der Waals surface area contributed by atoms with Crippen LogP contribution in [-0.4, -0.2) is 11.8 Å². The summed E-state index contributed by atoms with van der Waals surface area (Å²) in [5, 5.41) is 2.22. The van der Waals surface area contributed by atoms with Gasteiger partial charge in [0.2, 0.25) is 0 Å². The van der Waals surface area contributed by atoms with Crippen molar-refractivity contribution in [3.63, 3.8) is 0 Å². The van der Waals surface area contributed by atoms with Crippen molar-refractivity contribution in [2.45, 2.75) is 0 Å². The number of halogens is 2. The number of benzene rings is 3. The molecule has 0 bridgehead atoms. The molecule has 0 saturated heterocycles. The van der Waals surface area contributed by atoms with Crippen molar-refractivity contribution in [2.75, 3.05) is 4.90 Å². The third-order valence-corrected chi connectivity index (χ3v) is 4.77. The van der Waals surface area contributed by atoms with E-state index in [4.69, 9.17) is 23.2 Å². The molecule has 0 aliphatic carbocycles. The predicted molar refractivity (Wildman–Crippen MR) is 101 cm³/mol. The van der Waals surface area contributed by atoms with Crippen LogP contribution in [0.15, 0.2) is 71.8 Å². The van der Waals surface area contributed by atoms with E-state index < -0.39 is 11.8 Å². The molecule has 4 rings (SSSR count). The number of amides is 2. The highest BCUT2D eigenvalue weighted by molar-refractivity contribution is 6.60. The Kier molecular flexibility index (Phi) is 3.83. The number of anilines is 1. The fourth-order valence-electron chi connectivity index (χ4n) is 2.99. The van der Waals surface area contributed by atoms with Crippen LogP contribution in [0.2, 0.25) is 5.02 Å². The molecular formula is C20H11Cl2NO2. The van der Waals surface area contributed by atoms with E-state index in [0.717, 1.165) is 15.7 Å². The van der Waals surface area contributed by atoms with E-state index >= 15 is 0 Å². The number of imide groups is 1. The van der Waals surface area contributed by atoms with Crippen molar-refractivity contribution in [3.05, 3.63) is 82.3 Å². The zero-order valence-corrected chi connectivity index (χ0v) is 14.4. The minimum Gasteiger partial charge on any atom is -0.268 e. The van der Waals surface area contributed by atoms with Crippen LogP contribution in [0.1, 0.15) is 5.56 Å². The van der Waals surface area contributed by atoms with Crippen LogP contribution in [-0.2, 0) is 9.59 Å². The van der Waals surface area contributed by atoms with Crippen molar-refractivity contribution >= 4 is 57.0 Å². The molecule has 122 valence electrons. The van der Waals surface area contributed by atoms with E-state index in [0.29, 0.717) is 16.3 Å². The van der Waals surface area contributed by atoms with Gasteiger partial charge in [-0.1, -0.05) is 71.7 Å². The lowest BCUT2D eigenvalue weighted by Gasteiger charge is -2.17. The van der Waals surface area contributed by atoms with E-state index in [9.17, 15) is 9.59 Å². The number of carbonyl (C=O) groups excluding carboxylic acids is 2. The summed E-state index contributed by atoms with van der Waals surface area (Å²) in [6, 6.07) is 19.7. The Morgan fingerprint density at radius 3 is 2.16 bits per heavy atom. The topological polar surface area (TPSA) is 37.4 Å². The summed E-state index contributed by atoms with van der Waals surface area (Å²) < 4.78 is 0. The van der Waals surface area contributed by atoms with Gasteiger partial charge in [0, 0.05) is 10.4 Å². The van der Waals surface area contributed by atoms with Crippen LogP contribution in [0.4, 0.5) is 5.69 Å². The zero-order valence-electron chi connectivity index (χ0n) is 12.9. The molecule has 3 aromatic rings. The van der Waals surface area contributed by atoms with Gasteiger partial charge in [-0.15, -0.1) is 0 Å². The maximum Gasteiger partial charge on any atom is 0.277 e. The van der Waals surface area contributed by atoms with E-state index in [1.165, 1.54) is 0 Å². The Hall–Kier alpha value is -2.62. The molecule has 1 aliphatic heterocycles. The summed E-state index contributed by atoms with van der Waals surface area (Å²) in [5.74, 6) is -0.957. The molecule has 0 saturated carbocycles. The lowest BCUT2D eigenvalue weighted by molar-refractivity contribution is -0.119. The van der Waals surface area contributed by atoms with Gasteiger partial charge in [-0.25, -0.2) is 4.90 Å². The van der Waals surface area contributed by atoms with Gasteiger partial charge >= 0.3 is 0 Å². The molecule has 0 aromatic heterocycles. The lowest BCUT2D eigenvalue weighted by atomic mass is 10.1. The number of rotatable bonds is 2. The molecule has 1 aliphatic rings. The normalized spacial score (nSPS) is 14.7. The first-order chi connectivity index (χ1) is 12.1. The maximum atomic E-state index is 13.0. The Morgan fingerprint density at radius 2 is 1.40 bits per heavy atom. The molecular weight excluding hydrogens is 357 g/mol. The molecule has 3 aromatic carbocycles. The van der Waals surface area contributed by atoms with Gasteiger partial charge in [0.15, 0.2) is 0 Å². The van der Waals surface area contributed by atoms with Crippen LogP contribution in [0.3, 0.4) is 0 Å². The van der Waals surface area contributed by atoms with Crippen molar-refractivity contribution in [3.8, 4) is 0 Å². The van der Waals surface area contributed by atoms with Crippen molar-refractivity contribution in [1.82, 2.24) is 0 Å². The summed E-state index contributed by atoms with van der Waals surface area (Å²) in [5.41, 5.74) is 1.28. The van der Waals surface area contributed by atoms with Gasteiger partial charge in [-0.3, -0.25) is 9.59 Å². The molecule has 5 heteroatoms.